The van der Waals surface area contributed by atoms with Crippen molar-refractivity contribution >= 4 is 5.97 Å². The molecule has 0 saturated heterocycles. The predicted octanol–water partition coefficient (Wildman–Crippen LogP) is 2.78. The molecule has 0 aromatic carbocycles. The zero-order valence-corrected chi connectivity index (χ0v) is 9.00. The largest absolute Gasteiger partial charge is 0.481 e. The van der Waals surface area contributed by atoms with Crippen LogP contribution in [-0.4, -0.2) is 11.1 Å². The van der Waals surface area contributed by atoms with Crippen molar-refractivity contribution in [3.8, 4) is 0 Å². The molecule has 1 N–H and O–H groups in total. The van der Waals surface area contributed by atoms with Crippen LogP contribution in [0, 0.1) is 23.2 Å². The maximum Gasteiger partial charge on any atom is 0.303 e. The van der Waals surface area contributed by atoms with E-state index in [9.17, 15) is 4.79 Å². The number of carboxylic acid groups (broad SMARTS) is 1. The Balaban J connectivity index is 2.70. The van der Waals surface area contributed by atoms with Gasteiger partial charge in [-0.1, -0.05) is 27.7 Å². The Labute approximate surface area is 80.3 Å². The highest BCUT2D eigenvalue weighted by Crippen LogP contribution is 2.50. The molecular weight excluding hydrogens is 164 g/mol. The van der Waals surface area contributed by atoms with Crippen molar-refractivity contribution in [2.24, 2.45) is 23.2 Å². The van der Waals surface area contributed by atoms with E-state index in [1.165, 1.54) is 0 Å². The Bertz CT molecular complexity index is 208. The lowest BCUT2D eigenvalue weighted by Gasteiger charge is -2.26. The van der Waals surface area contributed by atoms with Gasteiger partial charge in [0.2, 0.25) is 0 Å². The molecule has 13 heavy (non-hydrogen) atoms. The van der Waals surface area contributed by atoms with Gasteiger partial charge in [-0.2, -0.15) is 0 Å². The van der Waals surface area contributed by atoms with E-state index in [1.54, 1.807) is 0 Å². The second-order valence-electron chi connectivity index (χ2n) is 5.22. The highest BCUT2D eigenvalue weighted by Gasteiger charge is 2.43. The van der Waals surface area contributed by atoms with E-state index in [0.717, 1.165) is 6.42 Å². The van der Waals surface area contributed by atoms with Crippen molar-refractivity contribution in [2.45, 2.75) is 40.5 Å². The van der Waals surface area contributed by atoms with E-state index in [0.29, 0.717) is 29.6 Å². The van der Waals surface area contributed by atoms with Crippen molar-refractivity contribution in [2.75, 3.05) is 0 Å². The predicted molar refractivity (Wildman–Crippen MR) is 52.5 cm³/mol. The van der Waals surface area contributed by atoms with E-state index in [-0.39, 0.29) is 0 Å². The first-order chi connectivity index (χ1) is 5.84. The zero-order valence-electron chi connectivity index (χ0n) is 9.00. The van der Waals surface area contributed by atoms with Crippen LogP contribution >= 0.6 is 0 Å². The van der Waals surface area contributed by atoms with Gasteiger partial charge in [-0.15, -0.1) is 0 Å². The summed E-state index contributed by atoms with van der Waals surface area (Å²) in [5.74, 6) is 0.800. The Morgan fingerprint density at radius 2 is 2.00 bits per heavy atom. The normalized spacial score (nSPS) is 37.7. The maximum atomic E-state index is 10.7. The highest BCUT2D eigenvalue weighted by atomic mass is 16.4. The lowest BCUT2D eigenvalue weighted by Crippen LogP contribution is -2.21. The Hall–Kier alpha value is -0.530. The molecule has 1 fully saturated rings. The standard InChI is InChI=1S/C11H20O2/c1-7-6-11(3,4)8(2)9(7)5-10(12)13/h7-9H,5-6H2,1-4H3,(H,12,13). The number of hydrogen-bond donors (Lipinski definition) is 1. The summed E-state index contributed by atoms with van der Waals surface area (Å²) in [6.07, 6.45) is 1.50. The molecule has 1 aliphatic carbocycles. The minimum atomic E-state index is -0.651. The van der Waals surface area contributed by atoms with Crippen LogP contribution in [0.4, 0.5) is 0 Å². The number of rotatable bonds is 2. The van der Waals surface area contributed by atoms with Gasteiger partial charge in [0.15, 0.2) is 0 Å². The van der Waals surface area contributed by atoms with E-state index >= 15 is 0 Å². The molecule has 0 amide bonds. The van der Waals surface area contributed by atoms with Gasteiger partial charge in [-0.25, -0.2) is 0 Å². The molecule has 3 atom stereocenters. The van der Waals surface area contributed by atoms with Crippen LogP contribution in [-0.2, 0) is 4.79 Å². The first-order valence-electron chi connectivity index (χ1n) is 5.06. The monoisotopic (exact) mass is 184 g/mol. The molecule has 0 aromatic rings. The van der Waals surface area contributed by atoms with Gasteiger partial charge < -0.3 is 5.11 Å². The van der Waals surface area contributed by atoms with Gasteiger partial charge in [0.1, 0.15) is 0 Å². The average molecular weight is 184 g/mol. The van der Waals surface area contributed by atoms with E-state index in [1.807, 2.05) is 0 Å². The van der Waals surface area contributed by atoms with Crippen LogP contribution in [0.5, 0.6) is 0 Å². The fourth-order valence-electron chi connectivity index (χ4n) is 2.82. The maximum absolute atomic E-state index is 10.7. The van der Waals surface area contributed by atoms with Crippen LogP contribution in [0.1, 0.15) is 40.5 Å². The summed E-state index contributed by atoms with van der Waals surface area (Å²) >= 11 is 0. The second-order valence-corrected chi connectivity index (χ2v) is 5.22. The van der Waals surface area contributed by atoms with Crippen molar-refractivity contribution in [3.05, 3.63) is 0 Å². The summed E-state index contributed by atoms with van der Waals surface area (Å²) < 4.78 is 0. The van der Waals surface area contributed by atoms with Crippen molar-refractivity contribution in [3.63, 3.8) is 0 Å². The summed E-state index contributed by atoms with van der Waals surface area (Å²) in [4.78, 5) is 10.7. The minimum absolute atomic E-state index is 0.319. The van der Waals surface area contributed by atoms with Crippen LogP contribution < -0.4 is 0 Å². The van der Waals surface area contributed by atoms with Gasteiger partial charge in [0.25, 0.3) is 0 Å². The van der Waals surface area contributed by atoms with E-state index < -0.39 is 5.97 Å². The van der Waals surface area contributed by atoms with Crippen LogP contribution in [0.25, 0.3) is 0 Å². The molecule has 0 bridgehead atoms. The molecule has 0 aromatic heterocycles. The molecular formula is C11H20O2. The lowest BCUT2D eigenvalue weighted by atomic mass is 9.79. The molecule has 1 aliphatic rings. The number of aliphatic carboxylic acids is 1. The van der Waals surface area contributed by atoms with Crippen LogP contribution in [0.3, 0.4) is 0 Å². The lowest BCUT2D eigenvalue weighted by molar-refractivity contribution is -0.138. The first kappa shape index (κ1) is 10.6. The van der Waals surface area contributed by atoms with Gasteiger partial charge >= 0.3 is 5.97 Å². The van der Waals surface area contributed by atoms with Gasteiger partial charge in [0.05, 0.1) is 0 Å². The minimum Gasteiger partial charge on any atom is -0.481 e. The van der Waals surface area contributed by atoms with E-state index in [4.69, 9.17) is 5.11 Å². The molecule has 3 unspecified atom stereocenters. The topological polar surface area (TPSA) is 37.3 Å². The van der Waals surface area contributed by atoms with Crippen molar-refractivity contribution in [1.82, 2.24) is 0 Å². The molecule has 1 saturated carbocycles. The third kappa shape index (κ3) is 2.04. The fraction of sp³-hybridized carbons (Fsp3) is 0.909. The molecule has 0 radical (unpaired) electrons. The Morgan fingerprint density at radius 1 is 1.46 bits per heavy atom. The molecule has 2 nitrogen and oxygen atoms in total. The molecule has 0 heterocycles. The Morgan fingerprint density at radius 3 is 2.31 bits per heavy atom. The Kier molecular flexibility index (Phi) is 2.69. The smallest absolute Gasteiger partial charge is 0.303 e. The van der Waals surface area contributed by atoms with Crippen molar-refractivity contribution in [1.29, 1.82) is 0 Å². The number of hydrogen-bond acceptors (Lipinski definition) is 1. The highest BCUT2D eigenvalue weighted by molar-refractivity contribution is 5.67. The van der Waals surface area contributed by atoms with Crippen LogP contribution in [0.15, 0.2) is 0 Å². The summed E-state index contributed by atoms with van der Waals surface area (Å²) in [7, 11) is 0. The quantitative estimate of drug-likeness (QED) is 0.716. The van der Waals surface area contributed by atoms with E-state index in [2.05, 4.69) is 27.7 Å². The molecule has 76 valence electrons. The summed E-state index contributed by atoms with van der Waals surface area (Å²) in [5, 5.41) is 8.78. The summed E-state index contributed by atoms with van der Waals surface area (Å²) in [6.45, 7) is 8.86. The van der Waals surface area contributed by atoms with Crippen LogP contribution in [0.2, 0.25) is 0 Å². The molecule has 1 rings (SSSR count). The molecule has 0 aliphatic heterocycles. The fourth-order valence-corrected chi connectivity index (χ4v) is 2.82. The third-order valence-electron chi connectivity index (χ3n) is 3.86. The molecule has 0 spiro atoms. The van der Waals surface area contributed by atoms with Gasteiger partial charge in [0, 0.05) is 6.42 Å². The molecule has 2 heteroatoms. The second kappa shape index (κ2) is 3.32. The van der Waals surface area contributed by atoms with Crippen molar-refractivity contribution < 1.29 is 9.90 Å². The van der Waals surface area contributed by atoms with Gasteiger partial charge in [-0.05, 0) is 29.6 Å². The number of carboxylic acids is 1. The zero-order chi connectivity index (χ0) is 10.2. The summed E-state index contributed by atoms with van der Waals surface area (Å²) in [5.41, 5.74) is 0.319. The first-order valence-corrected chi connectivity index (χ1v) is 5.06. The summed E-state index contributed by atoms with van der Waals surface area (Å²) in [6, 6.07) is 0. The number of carbonyl (C=O) groups is 1. The van der Waals surface area contributed by atoms with Gasteiger partial charge in [-0.3, -0.25) is 4.79 Å². The SMILES string of the molecule is CC1CC(C)(C)C(C)C1CC(=O)O. The average Bonchev–Trinajstić information content (AvgIpc) is 2.12. The third-order valence-corrected chi connectivity index (χ3v) is 3.86.